The lowest BCUT2D eigenvalue weighted by Gasteiger charge is -2.16. The lowest BCUT2D eigenvalue weighted by Crippen LogP contribution is -2.34. The van der Waals surface area contributed by atoms with Crippen LogP contribution in [0.3, 0.4) is 0 Å². The summed E-state index contributed by atoms with van der Waals surface area (Å²) in [6.45, 7) is 0.431. The smallest absolute Gasteiger partial charge is 0.335 e. The van der Waals surface area contributed by atoms with Gasteiger partial charge in [-0.2, -0.15) is 0 Å². The normalized spacial score (nSPS) is 14.8. The number of hydrogen-bond donors (Lipinski definition) is 2. The molecule has 0 aliphatic heterocycles. The van der Waals surface area contributed by atoms with E-state index in [-0.39, 0.29) is 17.3 Å². The number of rotatable bonds is 7. The molecule has 0 bridgehead atoms. The lowest BCUT2D eigenvalue weighted by molar-refractivity contribution is -0.126. The summed E-state index contributed by atoms with van der Waals surface area (Å²) < 4.78 is 13.8. The van der Waals surface area contributed by atoms with Crippen LogP contribution in [0.25, 0.3) is 0 Å². The number of hydrogen-bond acceptors (Lipinski definition) is 2. The predicted octanol–water partition coefficient (Wildman–Crippen LogP) is 3.21. The van der Waals surface area contributed by atoms with Gasteiger partial charge < -0.3 is 10.4 Å². The topological polar surface area (TPSA) is 66.4 Å². The van der Waals surface area contributed by atoms with Gasteiger partial charge in [0.2, 0.25) is 5.91 Å². The molecule has 1 aliphatic carbocycles. The van der Waals surface area contributed by atoms with E-state index in [2.05, 4.69) is 5.32 Å². The molecule has 2 aromatic rings. The zero-order valence-corrected chi connectivity index (χ0v) is 13.8. The number of carboxylic acids is 1. The van der Waals surface area contributed by atoms with E-state index in [9.17, 15) is 14.0 Å². The fourth-order valence-corrected chi connectivity index (χ4v) is 3.01. The number of amides is 1. The van der Waals surface area contributed by atoms with Gasteiger partial charge in [0.05, 0.1) is 11.0 Å². The van der Waals surface area contributed by atoms with Crippen LogP contribution in [-0.4, -0.2) is 23.5 Å². The standard InChI is InChI=1S/C20H20FNO3/c21-17-7-2-1-5-16(17)13-20(9-10-20)19(25)22-11-8-14-4-3-6-15(12-14)18(23)24/h1-7,12H,8-11,13H2,(H,22,25)(H,23,24). The zero-order chi connectivity index (χ0) is 17.9. The first kappa shape index (κ1) is 17.1. The molecule has 4 nitrogen and oxygen atoms in total. The van der Waals surface area contributed by atoms with E-state index < -0.39 is 11.4 Å². The van der Waals surface area contributed by atoms with Gasteiger partial charge in [-0.05, 0) is 55.0 Å². The summed E-state index contributed by atoms with van der Waals surface area (Å²) in [5.41, 5.74) is 1.18. The van der Waals surface area contributed by atoms with Crippen LogP contribution in [0.1, 0.15) is 34.3 Å². The fourth-order valence-electron chi connectivity index (χ4n) is 3.01. The first-order valence-corrected chi connectivity index (χ1v) is 8.34. The van der Waals surface area contributed by atoms with E-state index in [4.69, 9.17) is 5.11 Å². The maximum absolute atomic E-state index is 13.8. The third-order valence-corrected chi connectivity index (χ3v) is 4.70. The van der Waals surface area contributed by atoms with Gasteiger partial charge in [0, 0.05) is 6.54 Å². The molecule has 0 saturated heterocycles. The van der Waals surface area contributed by atoms with Crippen molar-refractivity contribution in [3.63, 3.8) is 0 Å². The van der Waals surface area contributed by atoms with Gasteiger partial charge in [-0.25, -0.2) is 9.18 Å². The van der Waals surface area contributed by atoms with Crippen molar-refractivity contribution in [1.82, 2.24) is 5.32 Å². The minimum atomic E-state index is -0.965. The van der Waals surface area contributed by atoms with E-state index in [1.807, 2.05) is 6.07 Å². The Morgan fingerprint density at radius 2 is 1.88 bits per heavy atom. The molecule has 5 heteroatoms. The van der Waals surface area contributed by atoms with Gasteiger partial charge in [0.15, 0.2) is 0 Å². The molecule has 0 unspecified atom stereocenters. The van der Waals surface area contributed by atoms with E-state index in [1.165, 1.54) is 12.1 Å². The van der Waals surface area contributed by atoms with Gasteiger partial charge in [0.25, 0.3) is 0 Å². The second-order valence-corrected chi connectivity index (χ2v) is 6.56. The number of halogens is 1. The number of carbonyl (C=O) groups excluding carboxylic acids is 1. The third-order valence-electron chi connectivity index (χ3n) is 4.70. The number of benzene rings is 2. The summed E-state index contributed by atoms with van der Waals surface area (Å²) in [5.74, 6) is -1.29. The van der Waals surface area contributed by atoms with E-state index in [0.717, 1.165) is 18.4 Å². The van der Waals surface area contributed by atoms with Crippen molar-refractivity contribution in [2.45, 2.75) is 25.7 Å². The Hall–Kier alpha value is -2.69. The Kier molecular flexibility index (Phi) is 4.83. The summed E-state index contributed by atoms with van der Waals surface area (Å²) >= 11 is 0. The molecule has 0 spiro atoms. The van der Waals surface area contributed by atoms with Crippen LogP contribution in [0, 0.1) is 11.2 Å². The Morgan fingerprint density at radius 1 is 1.12 bits per heavy atom. The number of carbonyl (C=O) groups is 2. The molecule has 0 aromatic heterocycles. The SMILES string of the molecule is O=C(O)c1cccc(CCNC(=O)C2(Cc3ccccc3F)CC2)c1. The summed E-state index contributed by atoms with van der Waals surface area (Å²) in [6.07, 6.45) is 2.51. The average molecular weight is 341 g/mol. The zero-order valence-electron chi connectivity index (χ0n) is 13.8. The monoisotopic (exact) mass is 341 g/mol. The number of aromatic carboxylic acids is 1. The number of carboxylic acid groups (broad SMARTS) is 1. The van der Waals surface area contributed by atoms with Gasteiger partial charge in [-0.3, -0.25) is 4.79 Å². The Balaban J connectivity index is 1.55. The van der Waals surface area contributed by atoms with Gasteiger partial charge in [-0.15, -0.1) is 0 Å². The molecule has 1 aliphatic rings. The second kappa shape index (κ2) is 7.05. The average Bonchev–Trinajstić information content (AvgIpc) is 3.38. The molecule has 0 radical (unpaired) electrons. The largest absolute Gasteiger partial charge is 0.478 e. The summed E-state index contributed by atoms with van der Waals surface area (Å²) in [4.78, 5) is 23.5. The molecule has 130 valence electrons. The van der Waals surface area contributed by atoms with Crippen LogP contribution in [0.5, 0.6) is 0 Å². The molecule has 0 atom stereocenters. The van der Waals surface area contributed by atoms with Crippen molar-refractivity contribution in [1.29, 1.82) is 0 Å². The van der Waals surface area contributed by atoms with E-state index in [0.29, 0.717) is 24.9 Å². The van der Waals surface area contributed by atoms with E-state index in [1.54, 1.807) is 30.3 Å². The molecular weight excluding hydrogens is 321 g/mol. The molecule has 2 aromatic carbocycles. The minimum absolute atomic E-state index is 0.0508. The maximum Gasteiger partial charge on any atom is 0.335 e. The summed E-state index contributed by atoms with van der Waals surface area (Å²) in [5, 5.41) is 11.9. The Labute approximate surface area is 145 Å². The highest BCUT2D eigenvalue weighted by Gasteiger charge is 2.49. The van der Waals surface area contributed by atoms with Crippen molar-refractivity contribution in [2.24, 2.45) is 5.41 Å². The maximum atomic E-state index is 13.8. The fraction of sp³-hybridized carbons (Fsp3) is 0.300. The van der Waals surface area contributed by atoms with Crippen LogP contribution in [0.4, 0.5) is 4.39 Å². The molecule has 2 N–H and O–H groups in total. The molecule has 1 amide bonds. The molecule has 0 heterocycles. The summed E-state index contributed by atoms with van der Waals surface area (Å²) in [6, 6.07) is 13.2. The minimum Gasteiger partial charge on any atom is -0.478 e. The van der Waals surface area contributed by atoms with E-state index >= 15 is 0 Å². The van der Waals surface area contributed by atoms with Crippen molar-refractivity contribution in [2.75, 3.05) is 6.54 Å². The van der Waals surface area contributed by atoms with Gasteiger partial charge in [-0.1, -0.05) is 30.3 Å². The molecule has 1 saturated carbocycles. The highest BCUT2D eigenvalue weighted by atomic mass is 19.1. The first-order chi connectivity index (χ1) is 12.0. The highest BCUT2D eigenvalue weighted by Crippen LogP contribution is 2.48. The predicted molar refractivity (Wildman–Crippen MR) is 91.9 cm³/mol. The molecular formula is C20H20FNO3. The van der Waals surface area contributed by atoms with Crippen molar-refractivity contribution >= 4 is 11.9 Å². The highest BCUT2D eigenvalue weighted by molar-refractivity contribution is 5.87. The summed E-state index contributed by atoms with van der Waals surface area (Å²) in [7, 11) is 0. The van der Waals surface area contributed by atoms with Crippen LogP contribution in [-0.2, 0) is 17.6 Å². The molecule has 1 fully saturated rings. The van der Waals surface area contributed by atoms with Gasteiger partial charge in [0.1, 0.15) is 5.82 Å². The molecule has 3 rings (SSSR count). The van der Waals surface area contributed by atoms with Crippen molar-refractivity contribution in [3.05, 3.63) is 71.0 Å². The quantitative estimate of drug-likeness (QED) is 0.813. The first-order valence-electron chi connectivity index (χ1n) is 8.34. The van der Waals surface area contributed by atoms with Crippen LogP contribution < -0.4 is 5.32 Å². The number of nitrogens with one attached hydrogen (secondary N) is 1. The lowest BCUT2D eigenvalue weighted by atomic mass is 9.95. The van der Waals surface area contributed by atoms with Crippen LogP contribution >= 0.6 is 0 Å². The van der Waals surface area contributed by atoms with Crippen LogP contribution in [0.15, 0.2) is 48.5 Å². The molecule has 25 heavy (non-hydrogen) atoms. The third kappa shape index (κ3) is 4.05. The Bertz CT molecular complexity index is 799. The Morgan fingerprint density at radius 3 is 2.56 bits per heavy atom. The van der Waals surface area contributed by atoms with Crippen LogP contribution in [0.2, 0.25) is 0 Å². The van der Waals surface area contributed by atoms with Crippen molar-refractivity contribution < 1.29 is 19.1 Å². The van der Waals surface area contributed by atoms with Crippen molar-refractivity contribution in [3.8, 4) is 0 Å². The van der Waals surface area contributed by atoms with Gasteiger partial charge >= 0.3 is 5.97 Å². The second-order valence-electron chi connectivity index (χ2n) is 6.56.